The quantitative estimate of drug-likeness (QED) is 0.428. The summed E-state index contributed by atoms with van der Waals surface area (Å²) in [5.74, 6) is -0.691. The van der Waals surface area contributed by atoms with Crippen LogP contribution in [0.4, 0.5) is 0 Å². The van der Waals surface area contributed by atoms with E-state index < -0.39 is 5.97 Å². The smallest absolute Gasteiger partial charge is 0.304 e. The van der Waals surface area contributed by atoms with Gasteiger partial charge in [-0.1, -0.05) is 71.6 Å². The lowest BCUT2D eigenvalue weighted by Crippen LogP contribution is -2.35. The van der Waals surface area contributed by atoms with Crippen LogP contribution < -0.4 is 0 Å². The largest absolute Gasteiger partial charge is 0.481 e. The first-order chi connectivity index (χ1) is 10.1. The van der Waals surface area contributed by atoms with Crippen molar-refractivity contribution in [2.75, 3.05) is 13.1 Å². The second-order valence-electron chi connectivity index (χ2n) is 6.26. The van der Waals surface area contributed by atoms with Crippen LogP contribution in [0.3, 0.4) is 0 Å². The first kappa shape index (κ1) is 20.4. The lowest BCUT2D eigenvalue weighted by atomic mass is 10.1. The van der Waals surface area contributed by atoms with Gasteiger partial charge in [-0.2, -0.15) is 0 Å². The zero-order valence-electron chi connectivity index (χ0n) is 14.6. The third kappa shape index (κ3) is 12.9. The van der Waals surface area contributed by atoms with Crippen molar-refractivity contribution in [3.8, 4) is 0 Å². The lowest BCUT2D eigenvalue weighted by molar-refractivity contribution is -0.138. The van der Waals surface area contributed by atoms with Gasteiger partial charge in [-0.3, -0.25) is 4.79 Å². The van der Waals surface area contributed by atoms with Gasteiger partial charge in [0, 0.05) is 6.04 Å². The van der Waals surface area contributed by atoms with Crippen LogP contribution in [-0.4, -0.2) is 35.1 Å². The zero-order chi connectivity index (χ0) is 15.9. The summed E-state index contributed by atoms with van der Waals surface area (Å²) in [6.07, 6.45) is 13.8. The maximum atomic E-state index is 10.7. The summed E-state index contributed by atoms with van der Waals surface area (Å²) in [6.45, 7) is 8.40. The lowest BCUT2D eigenvalue weighted by Gasteiger charge is -2.26. The molecular formula is C18H37NO2. The van der Waals surface area contributed by atoms with Crippen LogP contribution in [0.5, 0.6) is 0 Å². The number of unbranched alkanes of at least 4 members (excludes halogenated alkanes) is 9. The average Bonchev–Trinajstić information content (AvgIpc) is 2.44. The van der Waals surface area contributed by atoms with Gasteiger partial charge in [-0.05, 0) is 26.4 Å². The number of hydrogen-bond donors (Lipinski definition) is 1. The van der Waals surface area contributed by atoms with E-state index in [0.29, 0.717) is 0 Å². The van der Waals surface area contributed by atoms with Gasteiger partial charge in [0.2, 0.25) is 0 Å². The molecule has 0 aliphatic carbocycles. The van der Waals surface area contributed by atoms with E-state index in [2.05, 4.69) is 18.7 Å². The molecule has 0 aromatic carbocycles. The van der Waals surface area contributed by atoms with Crippen molar-refractivity contribution in [3.63, 3.8) is 0 Å². The topological polar surface area (TPSA) is 40.5 Å². The normalized spacial score (nSPS) is 12.8. The second-order valence-corrected chi connectivity index (χ2v) is 6.26. The number of aliphatic carboxylic acids is 1. The monoisotopic (exact) mass is 299 g/mol. The van der Waals surface area contributed by atoms with Crippen molar-refractivity contribution in [1.29, 1.82) is 0 Å². The molecule has 0 saturated carbocycles. The molecule has 0 fully saturated rings. The van der Waals surface area contributed by atoms with Crippen LogP contribution in [0.1, 0.15) is 91.4 Å². The first-order valence-corrected chi connectivity index (χ1v) is 9.07. The fraction of sp³-hybridized carbons (Fsp3) is 0.944. The van der Waals surface area contributed by atoms with E-state index in [1.807, 2.05) is 6.92 Å². The predicted octanol–water partition coefficient (Wildman–Crippen LogP) is 5.09. The third-order valence-electron chi connectivity index (χ3n) is 4.30. The Labute approximate surface area is 132 Å². The molecule has 0 aromatic heterocycles. The number of hydrogen-bond acceptors (Lipinski definition) is 2. The molecule has 0 heterocycles. The Kier molecular flexibility index (Phi) is 14.0. The molecule has 3 heteroatoms. The van der Waals surface area contributed by atoms with Crippen molar-refractivity contribution in [2.24, 2.45) is 0 Å². The Bertz CT molecular complexity index is 243. The zero-order valence-corrected chi connectivity index (χ0v) is 14.6. The third-order valence-corrected chi connectivity index (χ3v) is 4.30. The summed E-state index contributed by atoms with van der Waals surface area (Å²) in [6, 6.07) is 0.158. The second kappa shape index (κ2) is 14.4. The van der Waals surface area contributed by atoms with E-state index in [9.17, 15) is 4.79 Å². The van der Waals surface area contributed by atoms with Crippen LogP contribution in [-0.2, 0) is 4.79 Å². The highest BCUT2D eigenvalue weighted by Crippen LogP contribution is 2.12. The van der Waals surface area contributed by atoms with Gasteiger partial charge < -0.3 is 10.0 Å². The molecule has 1 atom stereocenters. The molecule has 0 rings (SSSR count). The molecule has 0 aromatic rings. The summed E-state index contributed by atoms with van der Waals surface area (Å²) in [5.41, 5.74) is 0. The Balaban J connectivity index is 3.45. The Morgan fingerprint density at radius 2 is 1.38 bits per heavy atom. The van der Waals surface area contributed by atoms with Crippen molar-refractivity contribution >= 4 is 5.97 Å². The number of rotatable bonds is 15. The van der Waals surface area contributed by atoms with E-state index in [0.717, 1.165) is 13.1 Å². The number of carbonyl (C=O) groups is 1. The first-order valence-electron chi connectivity index (χ1n) is 9.07. The molecule has 0 aliphatic rings. The van der Waals surface area contributed by atoms with Gasteiger partial charge in [0.25, 0.3) is 0 Å². The molecule has 126 valence electrons. The molecule has 0 bridgehead atoms. The highest BCUT2D eigenvalue weighted by molar-refractivity contribution is 5.67. The fourth-order valence-electron chi connectivity index (χ4n) is 2.87. The number of carboxylic acids is 1. The van der Waals surface area contributed by atoms with Crippen LogP contribution in [0.2, 0.25) is 0 Å². The van der Waals surface area contributed by atoms with Crippen molar-refractivity contribution in [2.45, 2.75) is 97.4 Å². The van der Waals surface area contributed by atoms with Gasteiger partial charge in [0.15, 0.2) is 0 Å². The Hall–Kier alpha value is -0.570. The van der Waals surface area contributed by atoms with Gasteiger partial charge in [-0.15, -0.1) is 0 Å². The Morgan fingerprint density at radius 3 is 1.81 bits per heavy atom. The van der Waals surface area contributed by atoms with Gasteiger partial charge in [-0.25, -0.2) is 0 Å². The summed E-state index contributed by atoms with van der Waals surface area (Å²) < 4.78 is 0. The van der Waals surface area contributed by atoms with Gasteiger partial charge in [0.05, 0.1) is 6.42 Å². The maximum Gasteiger partial charge on any atom is 0.304 e. The molecular weight excluding hydrogens is 262 g/mol. The minimum atomic E-state index is -0.691. The standard InChI is InChI=1S/C18H37NO2/c1-4-6-7-8-9-10-11-12-13-14-15-19(5-2)17(3)16-18(20)21/h17H,4-16H2,1-3H3,(H,20,21). The molecule has 0 radical (unpaired) electrons. The van der Waals surface area contributed by atoms with Gasteiger partial charge >= 0.3 is 5.97 Å². The Morgan fingerprint density at radius 1 is 0.905 bits per heavy atom. The maximum absolute atomic E-state index is 10.7. The predicted molar refractivity (Wildman–Crippen MR) is 90.8 cm³/mol. The molecule has 0 aliphatic heterocycles. The van der Waals surface area contributed by atoms with Crippen molar-refractivity contribution < 1.29 is 9.90 Å². The van der Waals surface area contributed by atoms with E-state index in [4.69, 9.17) is 5.11 Å². The highest BCUT2D eigenvalue weighted by atomic mass is 16.4. The number of carboxylic acid groups (broad SMARTS) is 1. The van der Waals surface area contributed by atoms with Crippen LogP contribution in [0.25, 0.3) is 0 Å². The molecule has 0 saturated heterocycles. The van der Waals surface area contributed by atoms with Gasteiger partial charge in [0.1, 0.15) is 0 Å². The molecule has 0 spiro atoms. The van der Waals surface area contributed by atoms with Crippen LogP contribution >= 0.6 is 0 Å². The van der Waals surface area contributed by atoms with Crippen molar-refractivity contribution in [3.05, 3.63) is 0 Å². The van der Waals surface area contributed by atoms with Crippen molar-refractivity contribution in [1.82, 2.24) is 4.90 Å². The van der Waals surface area contributed by atoms with Crippen LogP contribution in [0.15, 0.2) is 0 Å². The van der Waals surface area contributed by atoms with E-state index in [1.54, 1.807) is 0 Å². The highest BCUT2D eigenvalue weighted by Gasteiger charge is 2.14. The molecule has 0 amide bonds. The molecule has 3 nitrogen and oxygen atoms in total. The summed E-state index contributed by atoms with van der Waals surface area (Å²) in [4.78, 5) is 13.0. The van der Waals surface area contributed by atoms with Crippen LogP contribution in [0, 0.1) is 0 Å². The SMILES string of the molecule is CCCCCCCCCCCCN(CC)C(C)CC(=O)O. The minimum Gasteiger partial charge on any atom is -0.481 e. The average molecular weight is 299 g/mol. The summed E-state index contributed by atoms with van der Waals surface area (Å²) in [5, 5.41) is 8.85. The minimum absolute atomic E-state index is 0.158. The molecule has 21 heavy (non-hydrogen) atoms. The molecule has 1 N–H and O–H groups in total. The van der Waals surface area contributed by atoms with E-state index in [-0.39, 0.29) is 12.5 Å². The summed E-state index contributed by atoms with van der Waals surface area (Å²) >= 11 is 0. The van der Waals surface area contributed by atoms with E-state index >= 15 is 0 Å². The number of nitrogens with zero attached hydrogens (tertiary/aromatic N) is 1. The molecule has 1 unspecified atom stereocenters. The fourth-order valence-corrected chi connectivity index (χ4v) is 2.87. The summed E-state index contributed by atoms with van der Waals surface area (Å²) in [7, 11) is 0. The van der Waals surface area contributed by atoms with E-state index in [1.165, 1.54) is 64.2 Å².